The zero-order valence-corrected chi connectivity index (χ0v) is 28.3. The number of nitrogens with zero attached hydrogens (tertiary/aromatic N) is 3. The molecule has 0 radical (unpaired) electrons. The third-order valence-corrected chi connectivity index (χ3v) is 12.1. The van der Waals surface area contributed by atoms with Gasteiger partial charge in [-0.2, -0.15) is 8.42 Å². The van der Waals surface area contributed by atoms with Crippen molar-refractivity contribution >= 4 is 32.9 Å². The molecule has 2 bridgehead atoms. The second kappa shape index (κ2) is 11.1. The smallest absolute Gasteiger partial charge is 0.298 e. The van der Waals surface area contributed by atoms with E-state index in [4.69, 9.17) is 9.88 Å². The lowest BCUT2D eigenvalue weighted by molar-refractivity contribution is -0.140. The van der Waals surface area contributed by atoms with Crippen LogP contribution in [-0.2, 0) is 21.5 Å². The van der Waals surface area contributed by atoms with Crippen molar-refractivity contribution < 1.29 is 22.7 Å². The first kappa shape index (κ1) is 30.9. The molecule has 250 valence electrons. The summed E-state index contributed by atoms with van der Waals surface area (Å²) in [6, 6.07) is 12.4. The molecule has 2 aliphatic carbocycles. The van der Waals surface area contributed by atoms with E-state index in [-0.39, 0.29) is 23.4 Å². The maximum absolute atomic E-state index is 14.9. The minimum Gasteiger partial charge on any atom is -0.497 e. The Morgan fingerprint density at radius 1 is 1.06 bits per heavy atom. The van der Waals surface area contributed by atoms with Gasteiger partial charge < -0.3 is 14.2 Å². The van der Waals surface area contributed by atoms with Crippen molar-refractivity contribution in [2.45, 2.75) is 89.3 Å². The number of rotatable bonds is 7. The van der Waals surface area contributed by atoms with Crippen molar-refractivity contribution in [3.63, 3.8) is 0 Å². The summed E-state index contributed by atoms with van der Waals surface area (Å²) in [6.07, 6.45) is 7.52. The molecule has 8 rings (SSSR count). The van der Waals surface area contributed by atoms with Gasteiger partial charge in [0.25, 0.3) is 16.1 Å². The predicted molar refractivity (Wildman–Crippen MR) is 180 cm³/mol. The van der Waals surface area contributed by atoms with Gasteiger partial charge in [0.2, 0.25) is 5.91 Å². The van der Waals surface area contributed by atoms with Gasteiger partial charge in [-0.1, -0.05) is 39.2 Å². The summed E-state index contributed by atoms with van der Waals surface area (Å²) in [7, 11) is -2.54. The van der Waals surface area contributed by atoms with Crippen LogP contribution >= 0.6 is 0 Å². The number of hydrogen-bond donors (Lipinski definition) is 2. The summed E-state index contributed by atoms with van der Waals surface area (Å²) in [5, 5.41) is 6.23. The number of ether oxygens (including phenoxy) is 1. The molecular formula is C36H45N5O5S. The first-order valence-corrected chi connectivity index (χ1v) is 18.8. The number of aromatic nitrogens is 1. The van der Waals surface area contributed by atoms with Crippen LogP contribution in [0, 0.1) is 11.3 Å². The third-order valence-electron chi connectivity index (χ3n) is 11.7. The van der Waals surface area contributed by atoms with Crippen molar-refractivity contribution in [3.05, 3.63) is 53.1 Å². The molecular weight excluding hydrogens is 614 g/mol. The molecule has 2 aromatic carbocycles. The number of benzene rings is 2. The molecule has 3 aromatic rings. The predicted octanol–water partition coefficient (Wildman–Crippen LogP) is 4.73. The van der Waals surface area contributed by atoms with Crippen LogP contribution in [0.2, 0.25) is 0 Å². The Morgan fingerprint density at radius 2 is 1.85 bits per heavy atom. The van der Waals surface area contributed by atoms with Crippen LogP contribution in [0.15, 0.2) is 36.4 Å². The van der Waals surface area contributed by atoms with E-state index in [0.717, 1.165) is 91.6 Å². The number of carbonyl (C=O) groups excluding carboxylic acids is 2. The lowest BCUT2D eigenvalue weighted by atomic mass is 9.81. The first-order valence-electron chi connectivity index (χ1n) is 17.2. The normalized spacial score (nSPS) is 27.0. The van der Waals surface area contributed by atoms with E-state index in [1.807, 2.05) is 16.9 Å². The molecule has 2 amide bonds. The molecule has 4 unspecified atom stereocenters. The van der Waals surface area contributed by atoms with Crippen LogP contribution < -0.4 is 14.6 Å². The molecule has 3 aliphatic heterocycles. The largest absolute Gasteiger partial charge is 0.497 e. The minimum atomic E-state index is -4.23. The van der Waals surface area contributed by atoms with Gasteiger partial charge in [0.15, 0.2) is 0 Å². The van der Waals surface area contributed by atoms with Gasteiger partial charge in [0.1, 0.15) is 5.75 Å². The SMILES string of the molecule is COc1ccc2c(c1)C1CC1(C(=O)N1CC3CC1CN3CC(C)C)Cn1c-2c(C2CCCCC2)c2ccc(C(=O)NS(N)(=O)=O)cc21. The number of nitrogens with two attached hydrogens (primary N) is 1. The van der Waals surface area contributed by atoms with Gasteiger partial charge in [-0.05, 0) is 79.0 Å². The molecule has 2 saturated heterocycles. The Kier molecular flexibility index (Phi) is 7.27. The van der Waals surface area contributed by atoms with Crippen LogP contribution in [0.1, 0.15) is 92.1 Å². The molecule has 4 heterocycles. The number of nitrogens with one attached hydrogen (secondary N) is 1. The highest BCUT2D eigenvalue weighted by Gasteiger charge is 2.65. The fourth-order valence-corrected chi connectivity index (χ4v) is 9.96. The van der Waals surface area contributed by atoms with Crippen LogP contribution in [-0.4, -0.2) is 73.4 Å². The topological polar surface area (TPSA) is 127 Å². The van der Waals surface area contributed by atoms with Gasteiger partial charge >= 0.3 is 0 Å². The highest BCUT2D eigenvalue weighted by molar-refractivity contribution is 7.87. The van der Waals surface area contributed by atoms with Crippen molar-refractivity contribution in [1.29, 1.82) is 0 Å². The van der Waals surface area contributed by atoms with Crippen molar-refractivity contribution in [2.24, 2.45) is 16.5 Å². The second-order valence-corrected chi connectivity index (χ2v) is 16.4. The fraction of sp³-hybridized carbons (Fsp3) is 0.556. The molecule has 47 heavy (non-hydrogen) atoms. The summed E-state index contributed by atoms with van der Waals surface area (Å²) in [5.74, 6) is 1.27. The highest BCUT2D eigenvalue weighted by Crippen LogP contribution is 2.66. The molecule has 4 atom stereocenters. The summed E-state index contributed by atoms with van der Waals surface area (Å²) in [6.45, 7) is 7.80. The Hall–Kier alpha value is -3.41. The molecule has 2 saturated carbocycles. The summed E-state index contributed by atoms with van der Waals surface area (Å²) in [5.41, 5.74) is 5.16. The molecule has 4 fully saturated rings. The van der Waals surface area contributed by atoms with E-state index in [2.05, 4.69) is 40.3 Å². The summed E-state index contributed by atoms with van der Waals surface area (Å²) >= 11 is 0. The van der Waals surface area contributed by atoms with E-state index >= 15 is 0 Å². The zero-order chi connectivity index (χ0) is 32.8. The van der Waals surface area contributed by atoms with Gasteiger partial charge in [0.05, 0.1) is 18.2 Å². The summed E-state index contributed by atoms with van der Waals surface area (Å²) in [4.78, 5) is 32.7. The molecule has 5 aliphatic rings. The van der Waals surface area contributed by atoms with E-state index in [1.165, 1.54) is 12.0 Å². The Bertz CT molecular complexity index is 1900. The summed E-state index contributed by atoms with van der Waals surface area (Å²) < 4.78 is 33.5. The second-order valence-electron chi connectivity index (χ2n) is 15.1. The van der Waals surface area contributed by atoms with Crippen LogP contribution in [0.4, 0.5) is 0 Å². The number of hydrogen-bond acceptors (Lipinski definition) is 6. The lowest BCUT2D eigenvalue weighted by Gasteiger charge is -2.37. The monoisotopic (exact) mass is 659 g/mol. The van der Waals surface area contributed by atoms with E-state index < -0.39 is 21.5 Å². The number of amides is 2. The fourth-order valence-electron chi connectivity index (χ4n) is 9.59. The first-order chi connectivity index (χ1) is 22.5. The van der Waals surface area contributed by atoms with Crippen LogP contribution in [0.25, 0.3) is 22.2 Å². The Balaban J connectivity index is 1.28. The molecule has 10 nitrogen and oxygen atoms in total. The average molecular weight is 660 g/mol. The average Bonchev–Trinajstić information content (AvgIpc) is 3.27. The standard InChI is InChI=1S/C36H45N5O5S/c1-21(2)17-39-18-25-14-24(39)19-40(25)35(43)36-16-30(36)29-15-26(46-3)10-12-27(29)33-32(22-7-5-4-6-8-22)28-11-9-23(13-31(28)41(33)20-36)34(42)38-47(37,44)45/h9-13,15,21-22,24-25,30H,4-8,14,16-20H2,1-3H3,(H,38,42)(H2,37,44,45). The Morgan fingerprint density at radius 3 is 2.53 bits per heavy atom. The van der Waals surface area contributed by atoms with E-state index in [0.29, 0.717) is 24.4 Å². The number of carbonyl (C=O) groups is 2. The molecule has 11 heteroatoms. The van der Waals surface area contributed by atoms with Gasteiger partial charge in [-0.15, -0.1) is 0 Å². The number of methoxy groups -OCH3 is 1. The maximum atomic E-state index is 14.9. The van der Waals surface area contributed by atoms with Gasteiger partial charge in [-0.3, -0.25) is 14.5 Å². The minimum absolute atomic E-state index is 0.0639. The van der Waals surface area contributed by atoms with E-state index in [9.17, 15) is 18.0 Å². The molecule has 3 N–H and O–H groups in total. The van der Waals surface area contributed by atoms with Gasteiger partial charge in [-0.25, -0.2) is 9.86 Å². The van der Waals surface area contributed by atoms with Crippen molar-refractivity contribution in [3.8, 4) is 17.0 Å². The van der Waals surface area contributed by atoms with Crippen molar-refractivity contribution in [2.75, 3.05) is 26.7 Å². The van der Waals surface area contributed by atoms with Gasteiger partial charge in [0, 0.05) is 66.2 Å². The highest BCUT2D eigenvalue weighted by atomic mass is 32.2. The van der Waals surface area contributed by atoms with Crippen LogP contribution in [0.5, 0.6) is 5.75 Å². The maximum Gasteiger partial charge on any atom is 0.298 e. The molecule has 1 aromatic heterocycles. The third kappa shape index (κ3) is 5.07. The van der Waals surface area contributed by atoms with E-state index in [1.54, 1.807) is 19.2 Å². The quantitative estimate of drug-likeness (QED) is 0.378. The number of likely N-dealkylation sites (tertiary alicyclic amines) is 2. The molecule has 0 spiro atoms. The number of fused-ring (bicyclic) bond motifs is 9. The van der Waals surface area contributed by atoms with Crippen molar-refractivity contribution in [1.82, 2.24) is 19.1 Å². The number of piperazine rings is 1. The zero-order valence-electron chi connectivity index (χ0n) is 27.5. The van der Waals surface area contributed by atoms with Crippen LogP contribution in [0.3, 0.4) is 0 Å². The Labute approximate surface area is 276 Å². The lowest BCUT2D eigenvalue weighted by Crippen LogP contribution is -2.52.